The van der Waals surface area contributed by atoms with Gasteiger partial charge in [0.05, 0.1) is 13.4 Å². The lowest BCUT2D eigenvalue weighted by molar-refractivity contribution is 0.284. The highest BCUT2D eigenvalue weighted by atomic mass is 35.5. The van der Waals surface area contributed by atoms with Gasteiger partial charge in [0.2, 0.25) is 0 Å². The van der Waals surface area contributed by atoms with Crippen molar-refractivity contribution < 1.29 is 13.9 Å². The Labute approximate surface area is 170 Å². The lowest BCUT2D eigenvalue weighted by atomic mass is 10.2. The molecular weight excluding hydrogens is 381 g/mol. The predicted octanol–water partition coefficient (Wildman–Crippen LogP) is 4.21. The number of hydrogen-bond donors (Lipinski definition) is 1. The topological polar surface area (TPSA) is 48.3 Å². The molecule has 0 aliphatic rings. The van der Waals surface area contributed by atoms with E-state index >= 15 is 0 Å². The molecular formula is C21H25ClFN3O2. The first-order chi connectivity index (χ1) is 13.2. The van der Waals surface area contributed by atoms with Crippen LogP contribution >= 0.6 is 12.4 Å². The number of rotatable bonds is 10. The number of aryl methyl sites for hydroxylation is 1. The van der Waals surface area contributed by atoms with Crippen LogP contribution in [0.3, 0.4) is 0 Å². The van der Waals surface area contributed by atoms with E-state index in [1.807, 2.05) is 30.7 Å². The second-order valence-electron chi connectivity index (χ2n) is 6.23. The monoisotopic (exact) mass is 405 g/mol. The van der Waals surface area contributed by atoms with Gasteiger partial charge in [-0.15, -0.1) is 12.4 Å². The standard InChI is InChI=1S/C21H24FN3O2.ClH/c1-26-21-13-18(14-23-9-2-11-25-12-10-24-16-25)5-8-20(21)27-15-17-3-6-19(22)7-4-17;/h3-8,10,12-13,16,23H,2,9,11,14-15H2,1H3;1H. The van der Waals surface area contributed by atoms with E-state index in [1.165, 1.54) is 12.1 Å². The van der Waals surface area contributed by atoms with Gasteiger partial charge < -0.3 is 19.4 Å². The zero-order valence-electron chi connectivity index (χ0n) is 15.8. The van der Waals surface area contributed by atoms with Crippen LogP contribution < -0.4 is 14.8 Å². The van der Waals surface area contributed by atoms with Crippen LogP contribution in [0, 0.1) is 5.82 Å². The molecule has 3 aromatic rings. The normalized spacial score (nSPS) is 10.4. The second-order valence-corrected chi connectivity index (χ2v) is 6.23. The van der Waals surface area contributed by atoms with Crippen LogP contribution in [0.25, 0.3) is 0 Å². The molecule has 1 heterocycles. The van der Waals surface area contributed by atoms with E-state index in [-0.39, 0.29) is 18.2 Å². The third-order valence-corrected chi connectivity index (χ3v) is 4.19. The summed E-state index contributed by atoms with van der Waals surface area (Å²) < 4.78 is 26.3. The number of aromatic nitrogens is 2. The molecule has 0 fully saturated rings. The minimum Gasteiger partial charge on any atom is -0.493 e. The summed E-state index contributed by atoms with van der Waals surface area (Å²) in [5, 5.41) is 3.43. The fraction of sp³-hybridized carbons (Fsp3) is 0.286. The van der Waals surface area contributed by atoms with Crippen LogP contribution in [-0.4, -0.2) is 23.2 Å². The Hall–Kier alpha value is -2.57. The van der Waals surface area contributed by atoms with Gasteiger partial charge in [-0.3, -0.25) is 0 Å². The van der Waals surface area contributed by atoms with Crippen molar-refractivity contribution in [2.24, 2.45) is 0 Å². The van der Waals surface area contributed by atoms with E-state index in [9.17, 15) is 4.39 Å². The van der Waals surface area contributed by atoms with E-state index in [0.717, 1.165) is 37.2 Å². The molecule has 1 N–H and O–H groups in total. The molecule has 3 rings (SSSR count). The van der Waals surface area contributed by atoms with E-state index in [1.54, 1.807) is 25.4 Å². The highest BCUT2D eigenvalue weighted by Gasteiger charge is 2.06. The maximum absolute atomic E-state index is 13.0. The van der Waals surface area contributed by atoms with Gasteiger partial charge in [-0.2, -0.15) is 0 Å². The van der Waals surface area contributed by atoms with Crippen molar-refractivity contribution in [1.82, 2.24) is 14.9 Å². The first kappa shape index (κ1) is 21.7. The van der Waals surface area contributed by atoms with E-state index in [0.29, 0.717) is 18.1 Å². The molecule has 28 heavy (non-hydrogen) atoms. The van der Waals surface area contributed by atoms with Crippen LogP contribution in [0.15, 0.2) is 61.2 Å². The average molecular weight is 406 g/mol. The smallest absolute Gasteiger partial charge is 0.161 e. The van der Waals surface area contributed by atoms with Crippen molar-refractivity contribution in [1.29, 1.82) is 0 Å². The summed E-state index contributed by atoms with van der Waals surface area (Å²) in [6, 6.07) is 12.2. The Bertz CT molecular complexity index is 826. The Morgan fingerprint density at radius 3 is 2.57 bits per heavy atom. The maximum atomic E-state index is 13.0. The van der Waals surface area contributed by atoms with Crippen LogP contribution in [0.5, 0.6) is 11.5 Å². The first-order valence-corrected chi connectivity index (χ1v) is 8.95. The fourth-order valence-corrected chi connectivity index (χ4v) is 2.72. The molecule has 1 aromatic heterocycles. The summed E-state index contributed by atoms with van der Waals surface area (Å²) in [6.45, 7) is 3.00. The molecule has 7 heteroatoms. The van der Waals surface area contributed by atoms with Crippen LogP contribution in [0.2, 0.25) is 0 Å². The summed E-state index contributed by atoms with van der Waals surface area (Å²) in [7, 11) is 1.63. The van der Waals surface area contributed by atoms with Gasteiger partial charge in [-0.25, -0.2) is 9.37 Å². The molecule has 0 amide bonds. The van der Waals surface area contributed by atoms with E-state index < -0.39 is 0 Å². The molecule has 2 aromatic carbocycles. The Morgan fingerprint density at radius 1 is 1.07 bits per heavy atom. The minimum atomic E-state index is -0.252. The number of hydrogen-bond acceptors (Lipinski definition) is 4. The van der Waals surface area contributed by atoms with Gasteiger partial charge in [-0.1, -0.05) is 18.2 Å². The van der Waals surface area contributed by atoms with Gasteiger partial charge in [-0.05, 0) is 48.4 Å². The second kappa shape index (κ2) is 11.3. The molecule has 0 saturated heterocycles. The van der Waals surface area contributed by atoms with Crippen LogP contribution in [-0.2, 0) is 19.7 Å². The third-order valence-electron chi connectivity index (χ3n) is 4.19. The lowest BCUT2D eigenvalue weighted by Gasteiger charge is -2.13. The molecule has 0 radical (unpaired) electrons. The molecule has 0 unspecified atom stereocenters. The van der Waals surface area contributed by atoms with Crippen LogP contribution in [0.1, 0.15) is 17.5 Å². The van der Waals surface area contributed by atoms with E-state index in [2.05, 4.69) is 14.9 Å². The molecule has 0 atom stereocenters. The quantitative estimate of drug-likeness (QED) is 0.513. The summed E-state index contributed by atoms with van der Waals surface area (Å²) in [5.74, 6) is 1.11. The Kier molecular flexibility index (Phi) is 8.78. The van der Waals surface area contributed by atoms with Gasteiger partial charge in [0, 0.05) is 25.5 Å². The fourth-order valence-electron chi connectivity index (χ4n) is 2.72. The number of halogens is 2. The lowest BCUT2D eigenvalue weighted by Crippen LogP contribution is -2.16. The van der Waals surface area contributed by atoms with Crippen molar-refractivity contribution in [3.05, 3.63) is 78.1 Å². The van der Waals surface area contributed by atoms with Crippen molar-refractivity contribution in [3.63, 3.8) is 0 Å². The SMILES string of the molecule is COc1cc(CNCCCn2ccnc2)ccc1OCc1ccc(F)cc1.Cl. The number of nitrogens with zero attached hydrogens (tertiary/aromatic N) is 2. The number of imidazole rings is 1. The number of ether oxygens (including phenoxy) is 2. The zero-order valence-corrected chi connectivity index (χ0v) is 16.6. The van der Waals surface area contributed by atoms with Gasteiger partial charge >= 0.3 is 0 Å². The van der Waals surface area contributed by atoms with Crippen molar-refractivity contribution in [2.75, 3.05) is 13.7 Å². The number of methoxy groups -OCH3 is 1. The summed E-state index contributed by atoms with van der Waals surface area (Å²) in [4.78, 5) is 4.03. The summed E-state index contributed by atoms with van der Waals surface area (Å²) >= 11 is 0. The minimum absolute atomic E-state index is 0. The van der Waals surface area contributed by atoms with Crippen molar-refractivity contribution in [3.8, 4) is 11.5 Å². The Balaban J connectivity index is 0.00000280. The number of benzene rings is 2. The third kappa shape index (κ3) is 6.55. The molecule has 5 nitrogen and oxygen atoms in total. The maximum Gasteiger partial charge on any atom is 0.161 e. The molecule has 0 aliphatic carbocycles. The predicted molar refractivity (Wildman–Crippen MR) is 110 cm³/mol. The molecule has 150 valence electrons. The van der Waals surface area contributed by atoms with E-state index in [4.69, 9.17) is 9.47 Å². The van der Waals surface area contributed by atoms with Gasteiger partial charge in [0.15, 0.2) is 11.5 Å². The molecule has 0 bridgehead atoms. The van der Waals surface area contributed by atoms with Gasteiger partial charge in [0.1, 0.15) is 12.4 Å². The molecule has 0 saturated carbocycles. The Morgan fingerprint density at radius 2 is 1.86 bits per heavy atom. The largest absolute Gasteiger partial charge is 0.493 e. The number of nitrogens with one attached hydrogen (secondary N) is 1. The molecule has 0 spiro atoms. The average Bonchev–Trinajstić information content (AvgIpc) is 3.21. The molecule has 0 aliphatic heterocycles. The summed E-state index contributed by atoms with van der Waals surface area (Å²) in [5.41, 5.74) is 2.03. The van der Waals surface area contributed by atoms with Crippen molar-refractivity contribution >= 4 is 12.4 Å². The first-order valence-electron chi connectivity index (χ1n) is 8.95. The van der Waals surface area contributed by atoms with Gasteiger partial charge in [0.25, 0.3) is 0 Å². The van der Waals surface area contributed by atoms with Crippen molar-refractivity contribution in [2.45, 2.75) is 26.1 Å². The van der Waals surface area contributed by atoms with Crippen LogP contribution in [0.4, 0.5) is 4.39 Å². The highest BCUT2D eigenvalue weighted by Crippen LogP contribution is 2.28. The highest BCUT2D eigenvalue weighted by molar-refractivity contribution is 5.85. The zero-order chi connectivity index (χ0) is 18.9. The summed E-state index contributed by atoms with van der Waals surface area (Å²) in [6.07, 6.45) is 6.62.